The molecular formula is C72H3N. The van der Waals surface area contributed by atoms with Gasteiger partial charge in [0.05, 0.1) is 0 Å². The molecule has 0 aromatic rings. The van der Waals surface area contributed by atoms with E-state index in [1.165, 1.54) is 0 Å². The Hall–Kier alpha value is -15.9. The highest BCUT2D eigenvalue weighted by atomic mass is 14.2. The Morgan fingerprint density at radius 1 is 0.110 bits per heavy atom. The van der Waals surface area contributed by atoms with Crippen molar-refractivity contribution >= 4 is 0 Å². The van der Waals surface area contributed by atoms with Gasteiger partial charge in [-0.05, 0) is 54.3 Å². The van der Waals surface area contributed by atoms with Crippen molar-refractivity contribution in [2.24, 2.45) is 0 Å². The summed E-state index contributed by atoms with van der Waals surface area (Å²) in [6.45, 7) is 1.68. The van der Waals surface area contributed by atoms with E-state index in [0.29, 0.717) is 0 Å². The minimum absolute atomic E-state index is 1.63. The lowest BCUT2D eigenvalue weighted by atomic mass is 10.4. The predicted octanol–water partition coefficient (Wildman–Crippen LogP) is 0.649. The largest absolute Gasteiger partial charge is 0.183 e. The summed E-state index contributed by atoms with van der Waals surface area (Å²) in [7, 11) is 0. The average Bonchev–Trinajstić information content (AvgIpc) is 3.40. The smallest absolute Gasteiger partial charge is 0.153 e. The van der Waals surface area contributed by atoms with Gasteiger partial charge in [-0.25, -0.2) is 0 Å². The maximum absolute atomic E-state index is 8.21. The van der Waals surface area contributed by atoms with Crippen LogP contribution in [0.2, 0.25) is 0 Å². The van der Waals surface area contributed by atoms with Crippen LogP contribution in [-0.4, -0.2) is 0 Å². The number of hydrogen-bond donors (Lipinski definition) is 0. The van der Waals surface area contributed by atoms with Gasteiger partial charge < -0.3 is 0 Å². The molecule has 0 N–H and O–H groups in total. The first-order valence-electron chi connectivity index (χ1n) is 18.2. The summed E-state index contributed by atoms with van der Waals surface area (Å²) in [5.41, 5.74) is 0. The van der Waals surface area contributed by atoms with Gasteiger partial charge in [-0.2, -0.15) is 5.26 Å². The monoisotopic (exact) mass is 881 g/mol. The molecule has 0 saturated heterocycles. The van der Waals surface area contributed by atoms with E-state index in [-0.39, 0.29) is 0 Å². The Morgan fingerprint density at radius 3 is 0.247 bits per heavy atom. The van der Waals surface area contributed by atoms with Gasteiger partial charge in [-0.1, -0.05) is 5.92 Å². The molecule has 1 heteroatoms. The lowest BCUT2D eigenvalue weighted by Crippen LogP contribution is -1.57. The van der Waals surface area contributed by atoms with E-state index in [0.717, 1.165) is 0 Å². The number of nitriles is 1. The van der Waals surface area contributed by atoms with Crippen LogP contribution in [0.3, 0.4) is 0 Å². The molecule has 73 heavy (non-hydrogen) atoms. The van der Waals surface area contributed by atoms with E-state index >= 15 is 0 Å². The molecule has 0 aromatic carbocycles. The summed E-state index contributed by atoms with van der Waals surface area (Å²) >= 11 is 0. The van der Waals surface area contributed by atoms with Gasteiger partial charge in [-0.15, -0.1) is 0 Å². The van der Waals surface area contributed by atoms with Gasteiger partial charge in [0.1, 0.15) is 0 Å². The second-order valence-electron chi connectivity index (χ2n) is 8.99. The lowest BCUT2D eigenvalue weighted by molar-refractivity contribution is 1.55. The van der Waals surface area contributed by atoms with E-state index in [2.05, 4.69) is 414 Å². The molecule has 0 aliphatic rings. The van der Waals surface area contributed by atoms with Crippen molar-refractivity contribution in [1.29, 1.82) is 5.26 Å². The highest BCUT2D eigenvalue weighted by Gasteiger charge is 1.64. The third-order valence-corrected chi connectivity index (χ3v) is 4.43. The van der Waals surface area contributed by atoms with E-state index in [1.807, 2.05) is 0 Å². The van der Waals surface area contributed by atoms with E-state index in [1.54, 1.807) is 13.0 Å². The highest BCUT2D eigenvalue weighted by Crippen LogP contribution is 1.64. The van der Waals surface area contributed by atoms with Crippen molar-refractivity contribution < 1.29 is 0 Å². The van der Waals surface area contributed by atoms with Crippen molar-refractivity contribution in [2.75, 3.05) is 0 Å². The van der Waals surface area contributed by atoms with E-state index in [4.69, 9.17) is 5.26 Å². The van der Waals surface area contributed by atoms with Gasteiger partial charge in [0.15, 0.2) is 6.07 Å². The molecule has 0 bridgehead atoms. The fraction of sp³-hybridized carbons (Fsp3) is 0.0139. The quantitative estimate of drug-likeness (QED) is 0.329. The Morgan fingerprint density at radius 2 is 0.178 bits per heavy atom. The maximum Gasteiger partial charge on any atom is 0.153 e. The highest BCUT2D eigenvalue weighted by molar-refractivity contribution is 5.53. The molecule has 0 amide bonds. The van der Waals surface area contributed by atoms with Crippen LogP contribution in [-0.2, 0) is 0 Å². The molecule has 0 unspecified atom stereocenters. The Kier molecular flexibility index (Phi) is 43.9. The first-order chi connectivity index (χ1) is 36.4. The van der Waals surface area contributed by atoms with Crippen molar-refractivity contribution in [1.82, 2.24) is 0 Å². The third kappa shape index (κ3) is 56.1. The first-order valence-corrected chi connectivity index (χ1v) is 18.2. The van der Waals surface area contributed by atoms with Crippen LogP contribution in [0.1, 0.15) is 6.92 Å². The predicted molar refractivity (Wildman–Crippen MR) is 283 cm³/mol. The molecule has 0 aliphatic heterocycles. The third-order valence-electron chi connectivity index (χ3n) is 4.43. The molecule has 0 aliphatic carbocycles. The topological polar surface area (TPSA) is 23.8 Å². The van der Waals surface area contributed by atoms with Gasteiger partial charge in [0, 0.05) is 361 Å². The van der Waals surface area contributed by atoms with Crippen LogP contribution >= 0.6 is 0 Å². The molecule has 296 valence electrons. The fourth-order valence-corrected chi connectivity index (χ4v) is 2.18. The summed E-state index contributed by atoms with van der Waals surface area (Å²) in [4.78, 5) is 0. The molecule has 0 atom stereocenters. The van der Waals surface area contributed by atoms with Crippen LogP contribution in [0.4, 0.5) is 0 Å². The van der Waals surface area contributed by atoms with Crippen molar-refractivity contribution in [3.05, 3.63) is 0 Å². The van der Waals surface area contributed by atoms with Crippen LogP contribution in [0.5, 0.6) is 0 Å². The molecule has 1 nitrogen and oxygen atoms in total. The minimum atomic E-state index is 1.63. The molecule has 0 aromatic heterocycles. The summed E-state index contributed by atoms with van der Waals surface area (Å²) in [6.07, 6.45) is 0. The maximum atomic E-state index is 8.21. The normalized spacial score (nSPS) is 3.95. The van der Waals surface area contributed by atoms with Crippen molar-refractivity contribution in [3.8, 4) is 420 Å². The Bertz CT molecular complexity index is 4840. The van der Waals surface area contributed by atoms with Crippen LogP contribution in [0.15, 0.2) is 0 Å². The average molecular weight is 882 g/mol. The zero-order chi connectivity index (χ0) is 52.2. The molecule has 0 spiro atoms. The molecule has 0 fully saturated rings. The van der Waals surface area contributed by atoms with Gasteiger partial charge in [0.25, 0.3) is 0 Å². The zero-order valence-corrected chi connectivity index (χ0v) is 36.9. The second-order valence-corrected chi connectivity index (χ2v) is 8.99. The summed E-state index contributed by atoms with van der Waals surface area (Å²) in [6, 6.07) is 1.63. The van der Waals surface area contributed by atoms with Crippen molar-refractivity contribution in [2.45, 2.75) is 6.92 Å². The summed E-state index contributed by atoms with van der Waals surface area (Å²) in [5.74, 6) is 174. The molecule has 0 radical (unpaired) electrons. The van der Waals surface area contributed by atoms with Gasteiger partial charge >= 0.3 is 0 Å². The van der Waals surface area contributed by atoms with Crippen LogP contribution < -0.4 is 0 Å². The molecular weight excluding hydrogens is 879 g/mol. The lowest BCUT2D eigenvalue weighted by Gasteiger charge is -1.58. The van der Waals surface area contributed by atoms with Gasteiger partial charge in [0.2, 0.25) is 0 Å². The molecule has 0 heterocycles. The zero-order valence-electron chi connectivity index (χ0n) is 36.9. The number of rotatable bonds is 0. The molecule has 0 saturated carbocycles. The van der Waals surface area contributed by atoms with E-state index < -0.39 is 0 Å². The summed E-state index contributed by atoms with van der Waals surface area (Å²) in [5, 5.41) is 8.21. The SMILES string of the molecule is CC#CC#CC#CC#CC#CC#CC#CC#CC#CC#CC#CC#CC#CC#CC#CC#CC#CC#CC#CC#CC#CC#CC#CC#CC#CC#CC#CC#CC#CC#CC#CC#CC#CC#CC#CC#N. The van der Waals surface area contributed by atoms with Crippen LogP contribution in [0, 0.1) is 426 Å². The number of hydrogen-bond acceptors (Lipinski definition) is 1. The summed E-state index contributed by atoms with van der Waals surface area (Å²) < 4.78 is 0. The van der Waals surface area contributed by atoms with Crippen molar-refractivity contribution in [3.63, 3.8) is 0 Å². The standard InChI is InChI=1S/C72H3N/c1-2-3-4-5-6-7-8-9-10-11-12-13-14-15-16-17-18-19-20-21-22-23-24-25-26-27-28-29-30-31-32-33-34-35-36-37-38-39-40-41-42-43-44-45-46-47-48-49-50-51-52-53-54-55-56-57-58-59-60-61-62-63-64-65-66-67-68-69-70-71-72-73/h1H3. The minimum Gasteiger partial charge on any atom is -0.183 e. The van der Waals surface area contributed by atoms with E-state index in [9.17, 15) is 0 Å². The molecule has 0 rings (SSSR count). The second kappa shape index (κ2) is 56.1. The fourth-order valence-electron chi connectivity index (χ4n) is 2.18. The number of nitrogens with zero attached hydrogens (tertiary/aromatic N) is 1. The first kappa shape index (κ1) is 57.1. The van der Waals surface area contributed by atoms with Gasteiger partial charge in [-0.3, -0.25) is 0 Å². The Labute approximate surface area is 430 Å². The van der Waals surface area contributed by atoms with Crippen LogP contribution in [0.25, 0.3) is 0 Å². The Balaban J connectivity index is 4.61.